The second-order valence-corrected chi connectivity index (χ2v) is 5.78. The summed E-state index contributed by atoms with van der Waals surface area (Å²) < 4.78 is 11.2. The van der Waals surface area contributed by atoms with Crippen molar-refractivity contribution in [2.24, 2.45) is 0 Å². The normalized spacial score (nSPS) is 11.6. The molecule has 0 saturated heterocycles. The monoisotopic (exact) mass is 342 g/mol. The molecule has 25 heavy (non-hydrogen) atoms. The Morgan fingerprint density at radius 1 is 1.04 bits per heavy atom. The summed E-state index contributed by atoms with van der Waals surface area (Å²) in [6, 6.07) is 12.9. The molecule has 2 aromatic rings. The molecule has 0 saturated carbocycles. The molecule has 2 rings (SSSR count). The lowest BCUT2D eigenvalue weighted by Crippen LogP contribution is -2.28. The van der Waals surface area contributed by atoms with Crippen LogP contribution in [0, 0.1) is 0 Å². The summed E-state index contributed by atoms with van der Waals surface area (Å²) >= 11 is 0. The van der Waals surface area contributed by atoms with Crippen LogP contribution in [-0.4, -0.2) is 19.1 Å². The average molecular weight is 342 g/mol. The molecule has 0 aromatic heterocycles. The van der Waals surface area contributed by atoms with Gasteiger partial charge in [0.2, 0.25) is 5.91 Å². The van der Waals surface area contributed by atoms with Gasteiger partial charge in [-0.05, 0) is 56.2 Å². The van der Waals surface area contributed by atoms with Crippen molar-refractivity contribution in [3.05, 3.63) is 53.6 Å². The summed E-state index contributed by atoms with van der Waals surface area (Å²) in [7, 11) is 0. The highest BCUT2D eigenvalue weighted by molar-refractivity contribution is 5.79. The highest BCUT2D eigenvalue weighted by Crippen LogP contribution is 2.30. The largest absolute Gasteiger partial charge is 0.490 e. The van der Waals surface area contributed by atoms with Gasteiger partial charge >= 0.3 is 0 Å². The number of hydrogen-bond donors (Lipinski definition) is 2. The van der Waals surface area contributed by atoms with Gasteiger partial charge in [-0.15, -0.1) is 0 Å². The number of amides is 1. The van der Waals surface area contributed by atoms with E-state index >= 15 is 0 Å². The first-order valence-corrected chi connectivity index (χ1v) is 8.56. The summed E-state index contributed by atoms with van der Waals surface area (Å²) in [6.07, 6.45) is 0.319. The fraction of sp³-hybridized carbons (Fsp3) is 0.350. The van der Waals surface area contributed by atoms with Crippen LogP contribution in [0.4, 0.5) is 5.69 Å². The van der Waals surface area contributed by atoms with Crippen molar-refractivity contribution < 1.29 is 14.3 Å². The zero-order valence-corrected chi connectivity index (χ0v) is 15.0. The smallest absolute Gasteiger partial charge is 0.224 e. The molecule has 0 aliphatic heterocycles. The predicted octanol–water partition coefficient (Wildman–Crippen LogP) is 3.49. The van der Waals surface area contributed by atoms with Crippen molar-refractivity contribution in [1.82, 2.24) is 5.32 Å². The van der Waals surface area contributed by atoms with E-state index in [0.29, 0.717) is 36.8 Å². The van der Waals surface area contributed by atoms with Crippen LogP contribution in [0.2, 0.25) is 0 Å². The Balaban J connectivity index is 2.03. The van der Waals surface area contributed by atoms with Gasteiger partial charge < -0.3 is 20.5 Å². The number of anilines is 1. The van der Waals surface area contributed by atoms with Gasteiger partial charge in [0.25, 0.3) is 0 Å². The predicted molar refractivity (Wildman–Crippen MR) is 99.9 cm³/mol. The maximum atomic E-state index is 12.3. The van der Waals surface area contributed by atoms with Gasteiger partial charge in [-0.1, -0.05) is 18.2 Å². The number of rotatable bonds is 8. The molecule has 0 aliphatic carbocycles. The van der Waals surface area contributed by atoms with E-state index in [1.165, 1.54) is 0 Å². The minimum absolute atomic E-state index is 0.0379. The lowest BCUT2D eigenvalue weighted by molar-refractivity contribution is -0.121. The second-order valence-electron chi connectivity index (χ2n) is 5.78. The molecule has 0 fully saturated rings. The van der Waals surface area contributed by atoms with Crippen molar-refractivity contribution in [2.75, 3.05) is 18.9 Å². The van der Waals surface area contributed by atoms with Crippen LogP contribution in [0.25, 0.3) is 0 Å². The molecular formula is C20H26N2O3. The summed E-state index contributed by atoms with van der Waals surface area (Å²) in [4.78, 5) is 12.3. The van der Waals surface area contributed by atoms with Gasteiger partial charge in [-0.3, -0.25) is 4.79 Å². The van der Waals surface area contributed by atoms with E-state index in [9.17, 15) is 4.79 Å². The number of hydrogen-bond acceptors (Lipinski definition) is 4. The molecule has 0 heterocycles. The van der Waals surface area contributed by atoms with E-state index in [4.69, 9.17) is 15.2 Å². The van der Waals surface area contributed by atoms with E-state index < -0.39 is 0 Å². The number of carbonyl (C=O) groups is 1. The number of nitrogen functional groups attached to an aromatic ring is 1. The minimum Gasteiger partial charge on any atom is -0.490 e. The highest BCUT2D eigenvalue weighted by atomic mass is 16.5. The van der Waals surface area contributed by atoms with Crippen molar-refractivity contribution in [2.45, 2.75) is 33.2 Å². The lowest BCUT2D eigenvalue weighted by Gasteiger charge is -2.17. The van der Waals surface area contributed by atoms with Crippen LogP contribution in [0.3, 0.4) is 0 Å². The number of nitrogens with one attached hydrogen (secondary N) is 1. The quantitative estimate of drug-likeness (QED) is 0.720. The van der Waals surface area contributed by atoms with Gasteiger partial charge in [0.1, 0.15) is 0 Å². The van der Waals surface area contributed by atoms with Crippen LogP contribution in [0.1, 0.15) is 37.9 Å². The molecule has 2 aromatic carbocycles. The Hall–Kier alpha value is -2.69. The van der Waals surface area contributed by atoms with Crippen LogP contribution in [0.5, 0.6) is 11.5 Å². The summed E-state index contributed by atoms with van der Waals surface area (Å²) in [5.41, 5.74) is 8.26. The Kier molecular flexibility index (Phi) is 6.69. The van der Waals surface area contributed by atoms with Crippen molar-refractivity contribution >= 4 is 11.6 Å². The van der Waals surface area contributed by atoms with E-state index in [2.05, 4.69) is 5.32 Å². The van der Waals surface area contributed by atoms with Gasteiger partial charge in [-0.25, -0.2) is 0 Å². The maximum absolute atomic E-state index is 12.3. The summed E-state index contributed by atoms with van der Waals surface area (Å²) in [6.45, 7) is 6.95. The number of benzene rings is 2. The average Bonchev–Trinajstić information content (AvgIpc) is 2.59. The zero-order valence-electron chi connectivity index (χ0n) is 15.0. The molecule has 1 unspecified atom stereocenters. The van der Waals surface area contributed by atoms with Crippen LogP contribution < -0.4 is 20.5 Å². The number of carbonyl (C=O) groups excluding carboxylic acids is 1. The zero-order chi connectivity index (χ0) is 18.2. The first kappa shape index (κ1) is 18.6. The fourth-order valence-corrected chi connectivity index (χ4v) is 2.53. The summed E-state index contributed by atoms with van der Waals surface area (Å²) in [5, 5.41) is 3.01. The molecule has 5 nitrogen and oxygen atoms in total. The van der Waals surface area contributed by atoms with Gasteiger partial charge in [-0.2, -0.15) is 0 Å². The molecule has 3 N–H and O–H groups in total. The van der Waals surface area contributed by atoms with Crippen LogP contribution in [0.15, 0.2) is 42.5 Å². The molecule has 0 bridgehead atoms. The molecule has 1 amide bonds. The number of ether oxygens (including phenoxy) is 2. The first-order chi connectivity index (χ1) is 12.0. The third kappa shape index (κ3) is 5.41. The molecular weight excluding hydrogens is 316 g/mol. The Labute approximate surface area is 149 Å². The third-order valence-corrected chi connectivity index (χ3v) is 3.79. The SMILES string of the molecule is CCOc1ccc(C(C)NC(=O)Cc2ccc(N)cc2)cc1OCC. The third-order valence-electron chi connectivity index (χ3n) is 3.79. The minimum atomic E-state index is -0.129. The molecule has 0 radical (unpaired) electrons. The molecule has 134 valence electrons. The molecule has 0 spiro atoms. The maximum Gasteiger partial charge on any atom is 0.224 e. The van der Waals surface area contributed by atoms with Crippen molar-refractivity contribution in [1.29, 1.82) is 0 Å². The lowest BCUT2D eigenvalue weighted by atomic mass is 10.1. The van der Waals surface area contributed by atoms with E-state index in [1.807, 2.05) is 51.1 Å². The second kappa shape index (κ2) is 8.97. The Morgan fingerprint density at radius 3 is 2.32 bits per heavy atom. The Bertz CT molecular complexity index is 699. The van der Waals surface area contributed by atoms with E-state index in [-0.39, 0.29) is 11.9 Å². The van der Waals surface area contributed by atoms with E-state index in [1.54, 1.807) is 12.1 Å². The topological polar surface area (TPSA) is 73.6 Å². The molecule has 0 aliphatic rings. The molecule has 1 atom stereocenters. The highest BCUT2D eigenvalue weighted by Gasteiger charge is 2.13. The van der Waals surface area contributed by atoms with Gasteiger partial charge in [0, 0.05) is 5.69 Å². The van der Waals surface area contributed by atoms with Crippen LogP contribution in [-0.2, 0) is 11.2 Å². The fourth-order valence-electron chi connectivity index (χ4n) is 2.53. The standard InChI is InChI=1S/C20H26N2O3/c1-4-24-18-11-8-16(13-19(18)25-5-2)14(3)22-20(23)12-15-6-9-17(21)10-7-15/h6-11,13-14H,4-5,12,21H2,1-3H3,(H,22,23). The molecule has 5 heteroatoms. The van der Waals surface area contributed by atoms with E-state index in [0.717, 1.165) is 11.1 Å². The van der Waals surface area contributed by atoms with Gasteiger partial charge in [0.05, 0.1) is 25.7 Å². The first-order valence-electron chi connectivity index (χ1n) is 8.56. The van der Waals surface area contributed by atoms with Crippen molar-refractivity contribution in [3.8, 4) is 11.5 Å². The summed E-state index contributed by atoms with van der Waals surface area (Å²) in [5.74, 6) is 1.37. The van der Waals surface area contributed by atoms with Gasteiger partial charge in [0.15, 0.2) is 11.5 Å². The van der Waals surface area contributed by atoms with Crippen LogP contribution >= 0.6 is 0 Å². The Morgan fingerprint density at radius 2 is 1.68 bits per heavy atom. The van der Waals surface area contributed by atoms with Crippen molar-refractivity contribution in [3.63, 3.8) is 0 Å². The number of nitrogens with two attached hydrogens (primary N) is 1.